The van der Waals surface area contributed by atoms with Gasteiger partial charge in [0.05, 0.1) is 14.1 Å². The number of quaternary nitrogens is 1. The van der Waals surface area contributed by atoms with E-state index in [4.69, 9.17) is 5.11 Å². The Kier molecular flexibility index (Phi) is 4.29. The first-order chi connectivity index (χ1) is 6.25. The minimum Gasteiger partial charge on any atom is -0.477 e. The maximum Gasteiger partial charge on any atom is 0.365 e. The van der Waals surface area contributed by atoms with Crippen LogP contribution in [0.5, 0.6) is 0 Å². The number of carboxylic acids is 1. The fourth-order valence-electron chi connectivity index (χ4n) is 0.903. The molecule has 0 atom stereocenters. The van der Waals surface area contributed by atoms with Crippen LogP contribution in [0.3, 0.4) is 0 Å². The molecule has 0 aliphatic carbocycles. The van der Waals surface area contributed by atoms with Gasteiger partial charge in [-0.05, 0) is 0 Å². The van der Waals surface area contributed by atoms with Gasteiger partial charge in [-0.15, -0.1) is 6.58 Å². The van der Waals surface area contributed by atoms with Gasteiger partial charge in [-0.25, -0.2) is 4.79 Å². The Morgan fingerprint density at radius 2 is 2.07 bits per heavy atom. The molecule has 0 aromatic heterocycles. The Balaban J connectivity index is 4.43. The molecule has 4 heteroatoms. The van der Waals surface area contributed by atoms with Gasteiger partial charge in [-0.3, -0.25) is 5.32 Å². The van der Waals surface area contributed by atoms with E-state index in [9.17, 15) is 4.79 Å². The smallest absolute Gasteiger partial charge is 0.365 e. The van der Waals surface area contributed by atoms with Gasteiger partial charge in [0.25, 0.3) is 0 Å². The fourth-order valence-corrected chi connectivity index (χ4v) is 0.903. The van der Waals surface area contributed by atoms with E-state index in [2.05, 4.69) is 11.9 Å². The van der Waals surface area contributed by atoms with Crippen LogP contribution in [0.25, 0.3) is 0 Å². The summed E-state index contributed by atoms with van der Waals surface area (Å²) in [6, 6.07) is 0. The Morgan fingerprint density at radius 1 is 1.57 bits per heavy atom. The predicted molar refractivity (Wildman–Crippen MR) is 56.9 cm³/mol. The average molecular weight is 201 g/mol. The van der Waals surface area contributed by atoms with Crippen molar-refractivity contribution in [2.75, 3.05) is 27.3 Å². The fraction of sp³-hybridized carbons (Fsp3) is 0.700. The van der Waals surface area contributed by atoms with Crippen LogP contribution in [-0.4, -0.2) is 48.4 Å². The second-order valence-electron chi connectivity index (χ2n) is 4.45. The van der Waals surface area contributed by atoms with Crippen LogP contribution in [0.15, 0.2) is 12.7 Å². The van der Waals surface area contributed by atoms with Crippen LogP contribution in [0.2, 0.25) is 0 Å². The number of likely N-dealkylation sites (N-methyl/N-ethyl adjacent to an activating group) is 1. The molecule has 0 saturated carbocycles. The summed E-state index contributed by atoms with van der Waals surface area (Å²) in [6.45, 7) is 8.34. The van der Waals surface area contributed by atoms with Crippen molar-refractivity contribution in [3.63, 3.8) is 0 Å². The summed E-state index contributed by atoms with van der Waals surface area (Å²) >= 11 is 0. The number of nitrogens with one attached hydrogen (secondary N) is 1. The van der Waals surface area contributed by atoms with Crippen LogP contribution in [0.4, 0.5) is 0 Å². The second kappa shape index (κ2) is 4.57. The highest BCUT2D eigenvalue weighted by molar-refractivity contribution is 5.76. The third-order valence-corrected chi connectivity index (χ3v) is 2.83. The molecule has 14 heavy (non-hydrogen) atoms. The number of rotatable bonds is 6. The highest BCUT2D eigenvalue weighted by Gasteiger charge is 2.43. The molecule has 0 saturated heterocycles. The maximum atomic E-state index is 11.0. The first-order valence-corrected chi connectivity index (χ1v) is 4.64. The molecule has 0 spiro atoms. The zero-order chi connectivity index (χ0) is 11.4. The van der Waals surface area contributed by atoms with Crippen LogP contribution >= 0.6 is 0 Å². The van der Waals surface area contributed by atoms with Crippen molar-refractivity contribution < 1.29 is 14.4 Å². The number of aliphatic carboxylic acids is 1. The van der Waals surface area contributed by atoms with Gasteiger partial charge in [0.1, 0.15) is 6.67 Å². The van der Waals surface area contributed by atoms with Crippen molar-refractivity contribution in [2.24, 2.45) is 0 Å². The molecular weight excluding hydrogens is 180 g/mol. The third-order valence-electron chi connectivity index (χ3n) is 2.83. The number of carbonyl (C=O) groups is 1. The van der Waals surface area contributed by atoms with Crippen LogP contribution in [-0.2, 0) is 4.79 Å². The molecule has 0 heterocycles. The van der Waals surface area contributed by atoms with E-state index in [0.29, 0.717) is 17.7 Å². The second-order valence-corrected chi connectivity index (χ2v) is 4.45. The van der Waals surface area contributed by atoms with Gasteiger partial charge in [-0.2, -0.15) is 0 Å². The zero-order valence-corrected chi connectivity index (χ0v) is 9.50. The SMILES string of the molecule is C=CCNC[N+](C)(C)C(C)(C)C(=O)O. The summed E-state index contributed by atoms with van der Waals surface area (Å²) in [5.41, 5.74) is -0.797. The molecule has 0 aliphatic heterocycles. The molecule has 0 unspecified atom stereocenters. The summed E-state index contributed by atoms with van der Waals surface area (Å²) in [6.07, 6.45) is 1.76. The van der Waals surface area contributed by atoms with Gasteiger partial charge in [0.15, 0.2) is 5.54 Å². The topological polar surface area (TPSA) is 49.3 Å². The molecule has 0 rings (SSSR count). The van der Waals surface area contributed by atoms with Gasteiger partial charge < -0.3 is 9.59 Å². The van der Waals surface area contributed by atoms with Gasteiger partial charge >= 0.3 is 5.97 Å². The first-order valence-electron chi connectivity index (χ1n) is 4.64. The molecular formula is C10H21N2O2+. The van der Waals surface area contributed by atoms with Crippen LogP contribution in [0.1, 0.15) is 13.8 Å². The summed E-state index contributed by atoms with van der Waals surface area (Å²) in [5.74, 6) is -0.789. The van der Waals surface area contributed by atoms with E-state index in [-0.39, 0.29) is 0 Å². The molecule has 0 aromatic rings. The number of nitrogens with zero attached hydrogens (tertiary/aromatic N) is 1. The number of hydrogen-bond acceptors (Lipinski definition) is 2. The lowest BCUT2D eigenvalue weighted by Gasteiger charge is -2.41. The van der Waals surface area contributed by atoms with Crippen LogP contribution < -0.4 is 5.32 Å². The van der Waals surface area contributed by atoms with E-state index >= 15 is 0 Å². The first kappa shape index (κ1) is 13.1. The van der Waals surface area contributed by atoms with Gasteiger partial charge in [0, 0.05) is 20.4 Å². The largest absolute Gasteiger partial charge is 0.477 e. The van der Waals surface area contributed by atoms with Crippen molar-refractivity contribution in [3.05, 3.63) is 12.7 Å². The van der Waals surface area contributed by atoms with Crippen molar-refractivity contribution in [1.29, 1.82) is 0 Å². The lowest BCUT2D eigenvalue weighted by atomic mass is 10.0. The van der Waals surface area contributed by atoms with E-state index in [1.165, 1.54) is 0 Å². The Bertz CT molecular complexity index is 222. The molecule has 0 aromatic carbocycles. The summed E-state index contributed by atoms with van der Waals surface area (Å²) < 4.78 is 0.385. The Morgan fingerprint density at radius 3 is 2.43 bits per heavy atom. The quantitative estimate of drug-likeness (QED) is 0.287. The Labute approximate surface area is 85.8 Å². The number of carboxylic acid groups (broad SMARTS) is 1. The van der Waals surface area contributed by atoms with Crippen molar-refractivity contribution in [2.45, 2.75) is 19.4 Å². The van der Waals surface area contributed by atoms with Crippen molar-refractivity contribution in [1.82, 2.24) is 5.32 Å². The minimum absolute atomic E-state index is 0.385. The van der Waals surface area contributed by atoms with E-state index in [1.807, 2.05) is 14.1 Å². The molecule has 0 aliphatic rings. The summed E-state index contributed by atoms with van der Waals surface area (Å²) in [4.78, 5) is 11.0. The van der Waals surface area contributed by atoms with Gasteiger partial charge in [0.2, 0.25) is 0 Å². The van der Waals surface area contributed by atoms with E-state index in [0.717, 1.165) is 0 Å². The molecule has 0 fully saturated rings. The molecule has 0 amide bonds. The average Bonchev–Trinajstić information content (AvgIpc) is 2.04. The summed E-state index contributed by atoms with van der Waals surface area (Å²) in [7, 11) is 3.79. The molecule has 0 bridgehead atoms. The minimum atomic E-state index is -0.797. The highest BCUT2D eigenvalue weighted by atomic mass is 16.4. The lowest BCUT2D eigenvalue weighted by Crippen LogP contribution is -2.63. The predicted octanol–water partition coefficient (Wildman–Crippen LogP) is 0.659. The Hall–Kier alpha value is -0.870. The zero-order valence-electron chi connectivity index (χ0n) is 9.50. The highest BCUT2D eigenvalue weighted by Crippen LogP contribution is 2.18. The third kappa shape index (κ3) is 2.82. The molecule has 82 valence electrons. The summed E-state index contributed by atoms with van der Waals surface area (Å²) in [5, 5.41) is 12.2. The molecule has 2 N–H and O–H groups in total. The molecule has 4 nitrogen and oxygen atoms in total. The lowest BCUT2D eigenvalue weighted by molar-refractivity contribution is -0.930. The van der Waals surface area contributed by atoms with Crippen molar-refractivity contribution >= 4 is 5.97 Å². The standard InChI is InChI=1S/C10H20N2O2/c1-6-7-11-8-12(4,5)10(2,3)9(13)14/h6,11H,1,7-8H2,2-5H3/p+1. The van der Waals surface area contributed by atoms with E-state index < -0.39 is 11.5 Å². The monoisotopic (exact) mass is 201 g/mol. The van der Waals surface area contributed by atoms with Gasteiger partial charge in [-0.1, -0.05) is 6.08 Å². The number of hydrogen-bond donors (Lipinski definition) is 2. The van der Waals surface area contributed by atoms with Crippen LogP contribution in [0, 0.1) is 0 Å². The molecule has 0 radical (unpaired) electrons. The maximum absolute atomic E-state index is 11.0. The van der Waals surface area contributed by atoms with E-state index in [1.54, 1.807) is 19.9 Å². The van der Waals surface area contributed by atoms with Crippen molar-refractivity contribution in [3.8, 4) is 0 Å². The normalized spacial score (nSPS) is 12.6.